The maximum atomic E-state index is 11.7. The Morgan fingerprint density at radius 2 is 2.24 bits per heavy atom. The number of hydrogen-bond acceptors (Lipinski definition) is 5. The third-order valence-corrected chi connectivity index (χ3v) is 2.19. The van der Waals surface area contributed by atoms with Crippen LogP contribution in [0.2, 0.25) is 0 Å². The van der Waals surface area contributed by atoms with E-state index >= 15 is 0 Å². The lowest BCUT2D eigenvalue weighted by molar-refractivity contribution is -0.135. The summed E-state index contributed by atoms with van der Waals surface area (Å²) in [6.07, 6.45) is 2.67. The summed E-state index contributed by atoms with van der Waals surface area (Å²) in [5, 5.41) is 14.6. The molecule has 0 fully saturated rings. The molecule has 2 N–H and O–H groups in total. The van der Waals surface area contributed by atoms with Gasteiger partial charge in [-0.2, -0.15) is 10.1 Å². The molecule has 0 aromatic carbocycles. The average Bonchev–Trinajstić information content (AvgIpc) is 2.75. The molecule has 0 unspecified atom stereocenters. The van der Waals surface area contributed by atoms with Gasteiger partial charge in [0.15, 0.2) is 0 Å². The number of nitrogens with zero attached hydrogens (tertiary/aromatic N) is 4. The molecule has 88 valence electrons. The fourth-order valence-corrected chi connectivity index (χ4v) is 1.36. The first-order valence-corrected chi connectivity index (χ1v) is 4.75. The van der Waals surface area contributed by atoms with Crippen LogP contribution in [0.3, 0.4) is 0 Å². The van der Waals surface area contributed by atoms with Gasteiger partial charge in [-0.05, 0) is 6.92 Å². The summed E-state index contributed by atoms with van der Waals surface area (Å²) in [6.45, 7) is 1.24. The first-order valence-electron chi connectivity index (χ1n) is 4.75. The Hall–Kier alpha value is -2.51. The highest BCUT2D eigenvalue weighted by molar-refractivity contribution is 5.96. The van der Waals surface area contributed by atoms with E-state index in [1.165, 1.54) is 17.0 Å². The van der Waals surface area contributed by atoms with E-state index in [0.29, 0.717) is 11.5 Å². The zero-order valence-corrected chi connectivity index (χ0v) is 8.91. The fourth-order valence-electron chi connectivity index (χ4n) is 1.36. The SMILES string of the molecule is Cc1c(C(=O)NCC(=O)O)cnc2ncnn12. The van der Waals surface area contributed by atoms with Crippen molar-refractivity contribution in [2.45, 2.75) is 6.92 Å². The Bertz CT molecular complexity index is 591. The maximum absolute atomic E-state index is 11.7. The highest BCUT2D eigenvalue weighted by atomic mass is 16.4. The van der Waals surface area contributed by atoms with E-state index < -0.39 is 18.4 Å². The number of carbonyl (C=O) groups is 2. The van der Waals surface area contributed by atoms with Crippen molar-refractivity contribution < 1.29 is 14.7 Å². The molecule has 0 saturated carbocycles. The van der Waals surface area contributed by atoms with Crippen LogP contribution in [0.1, 0.15) is 16.1 Å². The van der Waals surface area contributed by atoms with E-state index in [2.05, 4.69) is 20.4 Å². The lowest BCUT2D eigenvalue weighted by atomic mass is 10.2. The van der Waals surface area contributed by atoms with E-state index in [4.69, 9.17) is 5.11 Å². The molecule has 0 spiro atoms. The van der Waals surface area contributed by atoms with Crippen molar-refractivity contribution in [3.8, 4) is 0 Å². The van der Waals surface area contributed by atoms with Gasteiger partial charge in [0.25, 0.3) is 11.7 Å². The summed E-state index contributed by atoms with van der Waals surface area (Å²) in [5.74, 6) is -1.22. The van der Waals surface area contributed by atoms with Crippen molar-refractivity contribution in [1.29, 1.82) is 0 Å². The standard InChI is InChI=1S/C9H9N5O3/c1-5-6(8(17)10-3-7(15)16)2-11-9-12-4-13-14(5)9/h2,4H,3H2,1H3,(H,10,17)(H,15,16). The maximum Gasteiger partial charge on any atom is 0.322 e. The van der Waals surface area contributed by atoms with Crippen LogP contribution < -0.4 is 5.32 Å². The second kappa shape index (κ2) is 4.16. The molecule has 17 heavy (non-hydrogen) atoms. The lowest BCUT2D eigenvalue weighted by Crippen LogP contribution is -2.30. The molecular weight excluding hydrogens is 226 g/mol. The minimum absolute atomic E-state index is 0.268. The number of aliphatic carboxylic acids is 1. The number of aryl methyl sites for hydroxylation is 1. The van der Waals surface area contributed by atoms with Crippen molar-refractivity contribution in [2.24, 2.45) is 0 Å². The molecule has 0 bridgehead atoms. The molecule has 1 amide bonds. The quantitative estimate of drug-likeness (QED) is 0.724. The second-order valence-corrected chi connectivity index (χ2v) is 3.31. The summed E-state index contributed by atoms with van der Waals surface area (Å²) in [7, 11) is 0. The van der Waals surface area contributed by atoms with Crippen LogP contribution in [0.25, 0.3) is 5.78 Å². The van der Waals surface area contributed by atoms with Gasteiger partial charge < -0.3 is 10.4 Å². The van der Waals surface area contributed by atoms with Gasteiger partial charge in [0.1, 0.15) is 12.9 Å². The summed E-state index contributed by atoms with van der Waals surface area (Å²) in [4.78, 5) is 29.8. The molecule has 2 rings (SSSR count). The molecule has 0 aliphatic heterocycles. The molecule has 8 nitrogen and oxygen atoms in total. The highest BCUT2D eigenvalue weighted by Crippen LogP contribution is 2.06. The Balaban J connectivity index is 2.31. The van der Waals surface area contributed by atoms with E-state index in [0.717, 1.165) is 0 Å². The Morgan fingerprint density at radius 1 is 1.47 bits per heavy atom. The molecule has 0 aliphatic carbocycles. The predicted octanol–water partition coefficient (Wildman–Crippen LogP) is -0.753. The topological polar surface area (TPSA) is 109 Å². The van der Waals surface area contributed by atoms with Crippen molar-refractivity contribution in [3.05, 3.63) is 23.8 Å². The largest absolute Gasteiger partial charge is 0.480 e. The van der Waals surface area contributed by atoms with Crippen molar-refractivity contribution in [3.63, 3.8) is 0 Å². The Morgan fingerprint density at radius 3 is 2.94 bits per heavy atom. The van der Waals surface area contributed by atoms with Gasteiger partial charge in [-0.25, -0.2) is 9.50 Å². The van der Waals surface area contributed by atoms with E-state index in [9.17, 15) is 9.59 Å². The minimum atomic E-state index is -1.11. The van der Waals surface area contributed by atoms with E-state index in [-0.39, 0.29) is 5.56 Å². The number of nitrogens with one attached hydrogen (secondary N) is 1. The molecular formula is C9H9N5O3. The van der Waals surface area contributed by atoms with Gasteiger partial charge in [0, 0.05) is 6.20 Å². The number of amides is 1. The number of carboxylic acids is 1. The van der Waals surface area contributed by atoms with Gasteiger partial charge in [0.05, 0.1) is 11.3 Å². The monoisotopic (exact) mass is 235 g/mol. The van der Waals surface area contributed by atoms with E-state index in [1.54, 1.807) is 6.92 Å². The number of aromatic nitrogens is 4. The van der Waals surface area contributed by atoms with Crippen molar-refractivity contribution in [2.75, 3.05) is 6.54 Å². The van der Waals surface area contributed by atoms with Crippen LogP contribution in [0, 0.1) is 6.92 Å². The predicted molar refractivity (Wildman–Crippen MR) is 55.5 cm³/mol. The highest BCUT2D eigenvalue weighted by Gasteiger charge is 2.13. The zero-order chi connectivity index (χ0) is 12.4. The molecule has 2 heterocycles. The Labute approximate surface area is 95.3 Å². The normalized spacial score (nSPS) is 10.4. The molecule has 0 radical (unpaired) electrons. The third-order valence-electron chi connectivity index (χ3n) is 2.19. The summed E-state index contributed by atoms with van der Waals surface area (Å²) in [5.41, 5.74) is 0.819. The Kier molecular flexibility index (Phi) is 2.69. The molecule has 2 aromatic rings. The second-order valence-electron chi connectivity index (χ2n) is 3.31. The van der Waals surface area contributed by atoms with Crippen LogP contribution in [0.15, 0.2) is 12.5 Å². The fraction of sp³-hybridized carbons (Fsp3) is 0.222. The number of hydrogen-bond donors (Lipinski definition) is 2. The molecule has 8 heteroatoms. The molecule has 0 atom stereocenters. The van der Waals surface area contributed by atoms with Crippen LogP contribution in [0.5, 0.6) is 0 Å². The summed E-state index contributed by atoms with van der Waals surface area (Å²) < 4.78 is 1.41. The first-order chi connectivity index (χ1) is 8.09. The van der Waals surface area contributed by atoms with Gasteiger partial charge >= 0.3 is 5.97 Å². The van der Waals surface area contributed by atoms with Crippen LogP contribution in [-0.4, -0.2) is 43.1 Å². The number of carbonyl (C=O) groups excluding carboxylic acids is 1. The lowest BCUT2D eigenvalue weighted by Gasteiger charge is -2.06. The van der Waals surface area contributed by atoms with E-state index in [1.807, 2.05) is 0 Å². The van der Waals surface area contributed by atoms with Gasteiger partial charge in [-0.3, -0.25) is 9.59 Å². The minimum Gasteiger partial charge on any atom is -0.480 e. The summed E-state index contributed by atoms with van der Waals surface area (Å²) >= 11 is 0. The average molecular weight is 235 g/mol. The smallest absolute Gasteiger partial charge is 0.322 e. The van der Waals surface area contributed by atoms with Gasteiger partial charge in [0.2, 0.25) is 0 Å². The molecule has 0 aliphatic rings. The van der Waals surface area contributed by atoms with Crippen LogP contribution in [-0.2, 0) is 4.79 Å². The third kappa shape index (κ3) is 2.05. The van der Waals surface area contributed by atoms with Gasteiger partial charge in [-0.15, -0.1) is 0 Å². The number of rotatable bonds is 3. The molecule has 0 saturated heterocycles. The summed E-state index contributed by atoms with van der Waals surface area (Å²) in [6, 6.07) is 0. The van der Waals surface area contributed by atoms with Crippen molar-refractivity contribution >= 4 is 17.7 Å². The van der Waals surface area contributed by atoms with Crippen molar-refractivity contribution in [1.82, 2.24) is 24.9 Å². The van der Waals surface area contributed by atoms with Crippen LogP contribution in [0.4, 0.5) is 0 Å². The van der Waals surface area contributed by atoms with Crippen LogP contribution >= 0.6 is 0 Å². The first kappa shape index (κ1) is 11.0. The number of carboxylic acid groups (broad SMARTS) is 1. The zero-order valence-electron chi connectivity index (χ0n) is 8.91. The number of fused-ring (bicyclic) bond motifs is 1. The van der Waals surface area contributed by atoms with Gasteiger partial charge in [-0.1, -0.05) is 0 Å². The molecule has 2 aromatic heterocycles.